The number of anilines is 1. The van der Waals surface area contributed by atoms with E-state index in [1.807, 2.05) is 31.2 Å². The van der Waals surface area contributed by atoms with Crippen LogP contribution in [0.3, 0.4) is 0 Å². The first-order valence-corrected chi connectivity index (χ1v) is 9.90. The number of aryl methyl sites for hydroxylation is 1. The summed E-state index contributed by atoms with van der Waals surface area (Å²) in [4.78, 5) is 37.6. The van der Waals surface area contributed by atoms with Crippen molar-refractivity contribution in [2.24, 2.45) is 0 Å². The fourth-order valence-electron chi connectivity index (χ4n) is 3.72. The van der Waals surface area contributed by atoms with Crippen LogP contribution in [0.1, 0.15) is 38.9 Å². The van der Waals surface area contributed by atoms with Gasteiger partial charge in [-0.05, 0) is 42.3 Å². The van der Waals surface area contributed by atoms with Gasteiger partial charge < -0.3 is 15.3 Å². The zero-order chi connectivity index (χ0) is 22.1. The molecule has 0 radical (unpaired) electrons. The number of nitrogens with one attached hydrogen (secondary N) is 1. The van der Waals surface area contributed by atoms with Gasteiger partial charge in [0, 0.05) is 25.6 Å². The second-order valence-electron chi connectivity index (χ2n) is 7.60. The van der Waals surface area contributed by atoms with Crippen LogP contribution in [-0.2, 0) is 17.9 Å². The molecule has 0 atom stereocenters. The fourth-order valence-corrected chi connectivity index (χ4v) is 3.72. The molecule has 0 bridgehead atoms. The highest BCUT2D eigenvalue weighted by molar-refractivity contribution is 5.97. The van der Waals surface area contributed by atoms with Crippen molar-refractivity contribution < 1.29 is 19.5 Å². The average Bonchev–Trinajstić information content (AvgIpc) is 3.15. The summed E-state index contributed by atoms with van der Waals surface area (Å²) in [5.41, 5.74) is 4.43. The van der Waals surface area contributed by atoms with Gasteiger partial charge in [0.05, 0.1) is 23.5 Å². The van der Waals surface area contributed by atoms with Gasteiger partial charge in [-0.3, -0.25) is 14.3 Å². The van der Waals surface area contributed by atoms with E-state index in [2.05, 4.69) is 10.4 Å². The molecule has 1 aliphatic heterocycles. The summed E-state index contributed by atoms with van der Waals surface area (Å²) in [6.07, 6.45) is 0. The molecule has 0 unspecified atom stereocenters. The molecule has 0 fully saturated rings. The maximum Gasteiger partial charge on any atom is 0.335 e. The van der Waals surface area contributed by atoms with E-state index in [9.17, 15) is 19.5 Å². The number of amides is 2. The second kappa shape index (κ2) is 8.06. The molecule has 2 amide bonds. The Bertz CT molecular complexity index is 1200. The van der Waals surface area contributed by atoms with E-state index in [0.29, 0.717) is 36.7 Å². The first-order valence-electron chi connectivity index (χ1n) is 9.90. The number of hydrogen-bond acceptors (Lipinski definition) is 4. The van der Waals surface area contributed by atoms with Crippen molar-refractivity contribution in [2.75, 3.05) is 11.9 Å². The maximum absolute atomic E-state index is 13.1. The van der Waals surface area contributed by atoms with Crippen LogP contribution in [0.5, 0.6) is 0 Å². The number of aromatic nitrogens is 2. The summed E-state index contributed by atoms with van der Waals surface area (Å²) in [5.74, 6) is -1.34. The predicted octanol–water partition coefficient (Wildman–Crippen LogP) is 3.17. The molecule has 3 aromatic rings. The van der Waals surface area contributed by atoms with Crippen molar-refractivity contribution in [1.29, 1.82) is 0 Å². The highest BCUT2D eigenvalue weighted by atomic mass is 16.4. The number of carbonyl (C=O) groups excluding carboxylic acids is 2. The normalized spacial score (nSPS) is 13.1. The van der Waals surface area contributed by atoms with Crippen LogP contribution in [-0.4, -0.2) is 44.1 Å². The molecule has 4 rings (SSSR count). The molecular formula is C23H22N4O4. The molecule has 158 valence electrons. The van der Waals surface area contributed by atoms with Gasteiger partial charge in [0.2, 0.25) is 5.91 Å². The van der Waals surface area contributed by atoms with Gasteiger partial charge >= 0.3 is 5.97 Å². The van der Waals surface area contributed by atoms with Gasteiger partial charge in [0.15, 0.2) is 0 Å². The maximum atomic E-state index is 13.1. The lowest BCUT2D eigenvalue weighted by molar-refractivity contribution is -0.114. The van der Waals surface area contributed by atoms with Crippen LogP contribution < -0.4 is 5.32 Å². The van der Waals surface area contributed by atoms with E-state index in [0.717, 1.165) is 16.7 Å². The Labute approximate surface area is 179 Å². The number of fused-ring (bicyclic) bond motifs is 1. The average molecular weight is 418 g/mol. The largest absolute Gasteiger partial charge is 0.478 e. The number of aromatic carboxylic acids is 1. The Hall–Kier alpha value is -3.94. The zero-order valence-electron chi connectivity index (χ0n) is 17.3. The lowest BCUT2D eigenvalue weighted by atomic mass is 10.1. The predicted molar refractivity (Wildman–Crippen MR) is 115 cm³/mol. The summed E-state index contributed by atoms with van der Waals surface area (Å²) in [7, 11) is 0. The van der Waals surface area contributed by atoms with E-state index in [1.165, 1.54) is 13.0 Å². The van der Waals surface area contributed by atoms with E-state index in [4.69, 9.17) is 0 Å². The van der Waals surface area contributed by atoms with E-state index in [1.54, 1.807) is 27.8 Å². The molecule has 1 aliphatic rings. The van der Waals surface area contributed by atoms with Crippen molar-refractivity contribution in [3.63, 3.8) is 0 Å². The summed E-state index contributed by atoms with van der Waals surface area (Å²) < 4.78 is 1.68. The van der Waals surface area contributed by atoms with Crippen LogP contribution in [0, 0.1) is 6.92 Å². The highest BCUT2D eigenvalue weighted by Crippen LogP contribution is 2.30. The standard InChI is InChI=1S/C23H22N4O4/c1-14-6-7-18(19(10-14)24-15(2)28)20-12-21-22(29)26(8-9-27(21)25-20)13-16-4-3-5-17(11-16)23(30)31/h3-7,10-12H,8-9,13H2,1-2H3,(H,24,28)(H,30,31). The molecule has 0 aliphatic carbocycles. The third-order valence-corrected chi connectivity index (χ3v) is 5.18. The van der Waals surface area contributed by atoms with E-state index >= 15 is 0 Å². The Balaban J connectivity index is 1.61. The third-order valence-electron chi connectivity index (χ3n) is 5.18. The molecule has 0 saturated heterocycles. The molecule has 0 saturated carbocycles. The molecular weight excluding hydrogens is 396 g/mol. The fraction of sp³-hybridized carbons (Fsp3) is 0.217. The lowest BCUT2D eigenvalue weighted by Crippen LogP contribution is -2.39. The van der Waals surface area contributed by atoms with Gasteiger partial charge in [0.25, 0.3) is 5.91 Å². The van der Waals surface area contributed by atoms with Gasteiger partial charge in [-0.2, -0.15) is 5.10 Å². The minimum Gasteiger partial charge on any atom is -0.478 e. The number of carboxylic acids is 1. The number of carboxylic acid groups (broad SMARTS) is 1. The minimum absolute atomic E-state index is 0.168. The minimum atomic E-state index is -0.998. The van der Waals surface area contributed by atoms with Crippen molar-refractivity contribution in [3.8, 4) is 11.3 Å². The molecule has 8 nitrogen and oxygen atoms in total. The Morgan fingerprint density at radius 2 is 1.94 bits per heavy atom. The second-order valence-corrected chi connectivity index (χ2v) is 7.60. The summed E-state index contributed by atoms with van der Waals surface area (Å²) in [6, 6.07) is 14.0. The summed E-state index contributed by atoms with van der Waals surface area (Å²) >= 11 is 0. The molecule has 31 heavy (non-hydrogen) atoms. The van der Waals surface area contributed by atoms with Crippen LogP contribution in [0.15, 0.2) is 48.5 Å². The van der Waals surface area contributed by atoms with Gasteiger partial charge in [-0.1, -0.05) is 24.3 Å². The number of hydrogen-bond donors (Lipinski definition) is 2. The van der Waals surface area contributed by atoms with E-state index in [-0.39, 0.29) is 17.4 Å². The quantitative estimate of drug-likeness (QED) is 0.662. The summed E-state index contributed by atoms with van der Waals surface area (Å²) in [5, 5.41) is 16.6. The lowest BCUT2D eigenvalue weighted by Gasteiger charge is -2.27. The Morgan fingerprint density at radius 3 is 2.68 bits per heavy atom. The van der Waals surface area contributed by atoms with Gasteiger partial charge in [0.1, 0.15) is 5.69 Å². The Kier molecular flexibility index (Phi) is 5.29. The van der Waals surface area contributed by atoms with Gasteiger partial charge in [-0.25, -0.2) is 4.79 Å². The number of benzene rings is 2. The van der Waals surface area contributed by atoms with Crippen LogP contribution in [0.4, 0.5) is 5.69 Å². The van der Waals surface area contributed by atoms with Gasteiger partial charge in [-0.15, -0.1) is 0 Å². The van der Waals surface area contributed by atoms with Crippen LogP contribution >= 0.6 is 0 Å². The first-order chi connectivity index (χ1) is 14.8. The number of rotatable bonds is 5. The first kappa shape index (κ1) is 20.3. The van der Waals surface area contributed by atoms with Crippen molar-refractivity contribution in [2.45, 2.75) is 26.9 Å². The number of carbonyl (C=O) groups is 3. The number of nitrogens with zero attached hydrogens (tertiary/aromatic N) is 3. The Morgan fingerprint density at radius 1 is 1.13 bits per heavy atom. The van der Waals surface area contributed by atoms with Crippen molar-refractivity contribution in [3.05, 3.63) is 70.9 Å². The molecule has 2 heterocycles. The monoisotopic (exact) mass is 418 g/mol. The molecule has 2 N–H and O–H groups in total. The molecule has 1 aromatic heterocycles. The van der Waals surface area contributed by atoms with Crippen molar-refractivity contribution >= 4 is 23.5 Å². The zero-order valence-corrected chi connectivity index (χ0v) is 17.3. The van der Waals surface area contributed by atoms with Crippen LogP contribution in [0.2, 0.25) is 0 Å². The molecule has 8 heteroatoms. The topological polar surface area (TPSA) is 105 Å². The van der Waals surface area contributed by atoms with E-state index < -0.39 is 5.97 Å². The highest BCUT2D eigenvalue weighted by Gasteiger charge is 2.27. The van der Waals surface area contributed by atoms with Crippen LogP contribution in [0.25, 0.3) is 11.3 Å². The molecule has 2 aromatic carbocycles. The smallest absolute Gasteiger partial charge is 0.335 e. The SMILES string of the molecule is CC(=O)Nc1cc(C)ccc1-c1cc2n(n1)CCN(Cc1cccc(C(=O)O)c1)C2=O. The molecule has 0 spiro atoms. The third kappa shape index (κ3) is 4.18. The summed E-state index contributed by atoms with van der Waals surface area (Å²) in [6.45, 7) is 4.71. The van der Waals surface area contributed by atoms with Crippen molar-refractivity contribution in [1.82, 2.24) is 14.7 Å².